The van der Waals surface area contributed by atoms with E-state index in [0.717, 1.165) is 15.9 Å². The Morgan fingerprint density at radius 3 is 2.28 bits per heavy atom. The summed E-state index contributed by atoms with van der Waals surface area (Å²) in [6, 6.07) is 11.1. The summed E-state index contributed by atoms with van der Waals surface area (Å²) < 4.78 is 51.7. The number of rotatable bonds is 5. The van der Waals surface area contributed by atoms with Crippen LogP contribution in [0.2, 0.25) is 0 Å². The number of nitrogens with one attached hydrogen (secondary N) is 3. The van der Waals surface area contributed by atoms with E-state index in [1.54, 1.807) is 36.4 Å². The van der Waals surface area contributed by atoms with E-state index in [-0.39, 0.29) is 17.3 Å². The molecule has 3 amide bonds. The molecule has 3 rings (SSSR count). The molecular weight excluding hydrogens is 448 g/mol. The third kappa shape index (κ3) is 5.97. The van der Waals surface area contributed by atoms with Crippen LogP contribution in [0.5, 0.6) is 0 Å². The third-order valence-electron chi connectivity index (χ3n) is 4.08. The van der Waals surface area contributed by atoms with Crippen molar-refractivity contribution >= 4 is 35.1 Å². The fourth-order valence-electron chi connectivity index (χ4n) is 2.55. The second kappa shape index (κ2) is 9.69. The quantitative estimate of drug-likeness (QED) is 0.442. The fraction of sp³-hybridized carbons (Fsp3) is 0.0952. The molecule has 0 saturated heterocycles. The molecule has 32 heavy (non-hydrogen) atoms. The number of pyridine rings is 1. The molecule has 0 saturated carbocycles. The van der Waals surface area contributed by atoms with E-state index in [1.165, 1.54) is 25.0 Å². The zero-order chi connectivity index (χ0) is 23.3. The molecule has 3 aromatic rings. The van der Waals surface area contributed by atoms with Gasteiger partial charge in [0.2, 0.25) is 0 Å². The van der Waals surface area contributed by atoms with Crippen LogP contribution in [0.15, 0.2) is 70.6 Å². The number of alkyl halides is 3. The average Bonchev–Trinajstić information content (AvgIpc) is 2.75. The molecule has 6 nitrogen and oxygen atoms in total. The van der Waals surface area contributed by atoms with Gasteiger partial charge >= 0.3 is 12.2 Å². The van der Waals surface area contributed by atoms with Gasteiger partial charge in [0.25, 0.3) is 5.91 Å². The Morgan fingerprint density at radius 2 is 1.66 bits per heavy atom. The van der Waals surface area contributed by atoms with Crippen molar-refractivity contribution in [3.8, 4) is 0 Å². The Bertz CT molecular complexity index is 1140. The number of hydrogen-bond donors (Lipinski definition) is 3. The second-order valence-corrected chi connectivity index (χ2v) is 7.50. The zero-order valence-electron chi connectivity index (χ0n) is 16.5. The van der Waals surface area contributed by atoms with Gasteiger partial charge in [-0.1, -0.05) is 11.8 Å². The van der Waals surface area contributed by atoms with Gasteiger partial charge in [0, 0.05) is 28.7 Å². The highest BCUT2D eigenvalue weighted by Crippen LogP contribution is 2.31. The van der Waals surface area contributed by atoms with Gasteiger partial charge in [0.1, 0.15) is 11.5 Å². The second-order valence-electron chi connectivity index (χ2n) is 6.35. The molecule has 0 bridgehead atoms. The number of halogens is 4. The summed E-state index contributed by atoms with van der Waals surface area (Å²) in [4.78, 5) is 29.3. The monoisotopic (exact) mass is 464 g/mol. The molecule has 0 unspecified atom stereocenters. The molecule has 0 atom stereocenters. The summed E-state index contributed by atoms with van der Waals surface area (Å²) in [6.45, 7) is 0. The number of amides is 3. The molecule has 2 aromatic carbocycles. The number of urea groups is 1. The Morgan fingerprint density at radius 1 is 0.938 bits per heavy atom. The van der Waals surface area contributed by atoms with Gasteiger partial charge in [-0.3, -0.25) is 9.78 Å². The van der Waals surface area contributed by atoms with Crippen molar-refractivity contribution in [2.24, 2.45) is 0 Å². The Kier molecular flexibility index (Phi) is 6.98. The van der Waals surface area contributed by atoms with Crippen LogP contribution < -0.4 is 16.0 Å². The maximum Gasteiger partial charge on any atom is 0.416 e. The predicted octanol–water partition coefficient (Wildman–Crippen LogP) is 5.39. The number of carbonyl (C=O) groups is 2. The van der Waals surface area contributed by atoms with E-state index < -0.39 is 23.6 Å². The maximum absolute atomic E-state index is 13.9. The highest BCUT2D eigenvalue weighted by molar-refractivity contribution is 7.99. The number of nitrogens with zero attached hydrogens (tertiary/aromatic N) is 1. The van der Waals surface area contributed by atoms with Crippen LogP contribution in [0.1, 0.15) is 16.1 Å². The Balaban J connectivity index is 1.61. The van der Waals surface area contributed by atoms with E-state index >= 15 is 0 Å². The molecule has 0 fully saturated rings. The van der Waals surface area contributed by atoms with Gasteiger partial charge < -0.3 is 16.0 Å². The van der Waals surface area contributed by atoms with Crippen molar-refractivity contribution in [2.75, 3.05) is 17.7 Å². The average molecular weight is 464 g/mol. The smallest absolute Gasteiger partial charge is 0.354 e. The molecule has 3 N–H and O–H groups in total. The lowest BCUT2D eigenvalue weighted by atomic mass is 10.2. The Labute approximate surface area is 184 Å². The lowest BCUT2D eigenvalue weighted by Gasteiger charge is -2.11. The highest BCUT2D eigenvalue weighted by Gasteiger charge is 2.31. The molecule has 1 aromatic heterocycles. The van der Waals surface area contributed by atoms with Crippen LogP contribution in [0, 0.1) is 5.82 Å². The summed E-state index contributed by atoms with van der Waals surface area (Å²) in [5.74, 6) is -1.50. The van der Waals surface area contributed by atoms with Crippen molar-refractivity contribution in [1.29, 1.82) is 0 Å². The minimum Gasteiger partial charge on any atom is -0.354 e. The maximum atomic E-state index is 13.9. The van der Waals surface area contributed by atoms with Crippen LogP contribution in [0.3, 0.4) is 0 Å². The first-order valence-electron chi connectivity index (χ1n) is 9.06. The van der Waals surface area contributed by atoms with Gasteiger partial charge in [0.15, 0.2) is 0 Å². The molecule has 0 radical (unpaired) electrons. The first-order chi connectivity index (χ1) is 15.2. The van der Waals surface area contributed by atoms with E-state index in [1.807, 2.05) is 0 Å². The van der Waals surface area contributed by atoms with Crippen LogP contribution in [-0.4, -0.2) is 24.0 Å². The van der Waals surface area contributed by atoms with Crippen molar-refractivity contribution < 1.29 is 27.2 Å². The standard InChI is InChI=1S/C21H16F4N4O2S/c1-26-19(30)18-11-15(8-9-27-18)32-14-5-3-13(4-6-14)28-20(31)29-17-7-2-12(10-16(17)22)21(23,24)25/h2-11H,1H3,(H,26,30)(H2,28,29,31). The van der Waals surface area contributed by atoms with Crippen molar-refractivity contribution in [1.82, 2.24) is 10.3 Å². The predicted molar refractivity (Wildman–Crippen MR) is 112 cm³/mol. The third-order valence-corrected chi connectivity index (χ3v) is 5.08. The van der Waals surface area contributed by atoms with Crippen molar-refractivity contribution in [3.05, 3.63) is 77.9 Å². The van der Waals surface area contributed by atoms with Gasteiger partial charge in [-0.05, 0) is 54.6 Å². The first-order valence-corrected chi connectivity index (χ1v) is 9.88. The lowest BCUT2D eigenvalue weighted by Crippen LogP contribution is -2.20. The van der Waals surface area contributed by atoms with Crippen LogP contribution in [0.25, 0.3) is 0 Å². The van der Waals surface area contributed by atoms with Gasteiger partial charge in [-0.2, -0.15) is 13.2 Å². The fourth-order valence-corrected chi connectivity index (χ4v) is 3.39. The van der Waals surface area contributed by atoms with Gasteiger partial charge in [-0.25, -0.2) is 9.18 Å². The lowest BCUT2D eigenvalue weighted by molar-refractivity contribution is -0.137. The number of aromatic nitrogens is 1. The van der Waals surface area contributed by atoms with E-state index in [9.17, 15) is 27.2 Å². The number of anilines is 2. The Hall–Kier alpha value is -3.60. The van der Waals surface area contributed by atoms with Crippen molar-refractivity contribution in [3.63, 3.8) is 0 Å². The molecule has 0 spiro atoms. The number of hydrogen-bond acceptors (Lipinski definition) is 4. The molecule has 0 aliphatic heterocycles. The summed E-state index contributed by atoms with van der Waals surface area (Å²) in [5.41, 5.74) is -0.860. The minimum absolute atomic E-state index is 0.281. The van der Waals surface area contributed by atoms with E-state index in [0.29, 0.717) is 17.8 Å². The first kappa shape index (κ1) is 23.1. The van der Waals surface area contributed by atoms with Crippen LogP contribution >= 0.6 is 11.8 Å². The van der Waals surface area contributed by atoms with Gasteiger partial charge in [0.05, 0.1) is 11.3 Å². The molecule has 11 heteroatoms. The SMILES string of the molecule is CNC(=O)c1cc(Sc2ccc(NC(=O)Nc3ccc(C(F)(F)F)cc3F)cc2)ccn1. The topological polar surface area (TPSA) is 83.1 Å². The summed E-state index contributed by atoms with van der Waals surface area (Å²) >= 11 is 1.38. The number of carbonyl (C=O) groups excluding carboxylic acids is 2. The van der Waals surface area contributed by atoms with E-state index in [4.69, 9.17) is 0 Å². The summed E-state index contributed by atoms with van der Waals surface area (Å²) in [7, 11) is 1.51. The van der Waals surface area contributed by atoms with Crippen LogP contribution in [-0.2, 0) is 6.18 Å². The molecular formula is C21H16F4N4O2S. The summed E-state index contributed by atoms with van der Waals surface area (Å²) in [5, 5.41) is 7.14. The zero-order valence-corrected chi connectivity index (χ0v) is 17.3. The molecule has 166 valence electrons. The largest absolute Gasteiger partial charge is 0.416 e. The molecule has 0 aliphatic rings. The normalized spacial score (nSPS) is 11.0. The molecule has 1 heterocycles. The number of benzene rings is 2. The van der Waals surface area contributed by atoms with Crippen molar-refractivity contribution in [2.45, 2.75) is 16.0 Å². The van der Waals surface area contributed by atoms with Gasteiger partial charge in [-0.15, -0.1) is 0 Å². The van der Waals surface area contributed by atoms with E-state index in [2.05, 4.69) is 20.9 Å². The highest BCUT2D eigenvalue weighted by atomic mass is 32.2. The molecule has 0 aliphatic carbocycles. The minimum atomic E-state index is -4.68. The van der Waals surface area contributed by atoms with Crippen LogP contribution in [0.4, 0.5) is 33.7 Å². The summed E-state index contributed by atoms with van der Waals surface area (Å²) in [6.07, 6.45) is -3.16.